The Balaban J connectivity index is 1.85. The van der Waals surface area contributed by atoms with Crippen LogP contribution in [-0.4, -0.2) is 23.8 Å². The van der Waals surface area contributed by atoms with Gasteiger partial charge in [-0.1, -0.05) is 6.92 Å². The highest BCUT2D eigenvalue weighted by atomic mass is 16.3. The van der Waals surface area contributed by atoms with Crippen LogP contribution in [-0.2, 0) is 0 Å². The quantitative estimate of drug-likeness (QED) is 0.680. The maximum absolute atomic E-state index is 9.88. The van der Waals surface area contributed by atoms with Crippen molar-refractivity contribution in [1.82, 2.24) is 5.32 Å². The van der Waals surface area contributed by atoms with E-state index in [1.807, 2.05) is 0 Å². The molecule has 2 nitrogen and oxygen atoms in total. The number of aliphatic hydroxyl groups excluding tert-OH is 1. The minimum Gasteiger partial charge on any atom is -0.392 e. The van der Waals surface area contributed by atoms with Gasteiger partial charge >= 0.3 is 0 Å². The summed E-state index contributed by atoms with van der Waals surface area (Å²) in [6.07, 6.45) is 6.12. The van der Waals surface area contributed by atoms with Gasteiger partial charge in [-0.05, 0) is 50.5 Å². The third-order valence-corrected chi connectivity index (χ3v) is 3.68. The van der Waals surface area contributed by atoms with Crippen LogP contribution >= 0.6 is 0 Å². The zero-order chi connectivity index (χ0) is 9.26. The van der Waals surface area contributed by atoms with E-state index in [1.54, 1.807) is 0 Å². The summed E-state index contributed by atoms with van der Waals surface area (Å²) < 4.78 is 0. The lowest BCUT2D eigenvalue weighted by atomic mass is 9.94. The molecule has 2 aliphatic carbocycles. The molecule has 4 unspecified atom stereocenters. The zero-order valence-corrected chi connectivity index (χ0v) is 8.50. The monoisotopic (exact) mass is 183 g/mol. The molecule has 2 N–H and O–H groups in total. The molecule has 76 valence electrons. The Hall–Kier alpha value is -0.0800. The zero-order valence-electron chi connectivity index (χ0n) is 8.50. The summed E-state index contributed by atoms with van der Waals surface area (Å²) in [4.78, 5) is 0. The van der Waals surface area contributed by atoms with Crippen molar-refractivity contribution in [3.05, 3.63) is 0 Å². The number of likely N-dealkylation sites (N-methyl/N-ethyl adjacent to an activating group) is 1. The first kappa shape index (κ1) is 9.47. The number of rotatable bonds is 2. The molecule has 0 bridgehead atoms. The van der Waals surface area contributed by atoms with Gasteiger partial charge in [-0.25, -0.2) is 0 Å². The van der Waals surface area contributed by atoms with Crippen molar-refractivity contribution in [3.63, 3.8) is 0 Å². The Morgan fingerprint density at radius 3 is 2.54 bits per heavy atom. The smallest absolute Gasteiger partial charge is 0.0693 e. The second-order valence-corrected chi connectivity index (χ2v) is 4.64. The molecular weight excluding hydrogens is 162 g/mol. The van der Waals surface area contributed by atoms with E-state index < -0.39 is 0 Å². The molecule has 2 fully saturated rings. The van der Waals surface area contributed by atoms with Gasteiger partial charge in [-0.15, -0.1) is 0 Å². The summed E-state index contributed by atoms with van der Waals surface area (Å²) in [6, 6.07) is 0.367. The normalized spacial score (nSPS) is 44.8. The summed E-state index contributed by atoms with van der Waals surface area (Å²) in [5, 5.41) is 13.3. The van der Waals surface area contributed by atoms with Crippen LogP contribution in [0.5, 0.6) is 0 Å². The van der Waals surface area contributed by atoms with Crippen molar-refractivity contribution in [2.75, 3.05) is 6.54 Å². The number of hydrogen-bond acceptors (Lipinski definition) is 2. The lowest BCUT2D eigenvalue weighted by molar-refractivity contribution is 0.103. The van der Waals surface area contributed by atoms with Gasteiger partial charge < -0.3 is 10.4 Å². The number of nitrogens with one attached hydrogen (secondary N) is 1. The van der Waals surface area contributed by atoms with E-state index in [1.165, 1.54) is 25.7 Å². The molecule has 2 rings (SSSR count). The van der Waals surface area contributed by atoms with E-state index in [-0.39, 0.29) is 6.10 Å². The molecule has 0 aromatic carbocycles. The number of aliphatic hydroxyl groups is 1. The van der Waals surface area contributed by atoms with E-state index in [2.05, 4.69) is 12.2 Å². The molecule has 0 saturated heterocycles. The Labute approximate surface area is 80.7 Å². The molecule has 0 aliphatic heterocycles. The molecule has 4 atom stereocenters. The van der Waals surface area contributed by atoms with Crippen LogP contribution in [0, 0.1) is 11.8 Å². The van der Waals surface area contributed by atoms with E-state index in [4.69, 9.17) is 0 Å². The molecule has 13 heavy (non-hydrogen) atoms. The van der Waals surface area contributed by atoms with Crippen LogP contribution in [0.4, 0.5) is 0 Å². The third-order valence-electron chi connectivity index (χ3n) is 3.68. The van der Waals surface area contributed by atoms with E-state index in [0.29, 0.717) is 6.04 Å². The van der Waals surface area contributed by atoms with Gasteiger partial charge in [0, 0.05) is 6.04 Å². The van der Waals surface area contributed by atoms with Crippen molar-refractivity contribution in [2.45, 2.75) is 51.2 Å². The fourth-order valence-electron chi connectivity index (χ4n) is 2.69. The minimum atomic E-state index is -0.0958. The van der Waals surface area contributed by atoms with Crippen molar-refractivity contribution < 1.29 is 5.11 Å². The molecule has 0 spiro atoms. The van der Waals surface area contributed by atoms with Gasteiger partial charge in [0.15, 0.2) is 0 Å². The van der Waals surface area contributed by atoms with Crippen LogP contribution in [0.15, 0.2) is 0 Å². The Kier molecular flexibility index (Phi) is 2.89. The highest BCUT2D eigenvalue weighted by molar-refractivity contribution is 4.91. The molecule has 0 radical (unpaired) electrons. The number of hydrogen-bond donors (Lipinski definition) is 2. The van der Waals surface area contributed by atoms with Gasteiger partial charge in [-0.2, -0.15) is 0 Å². The van der Waals surface area contributed by atoms with Gasteiger partial charge in [0.05, 0.1) is 6.10 Å². The van der Waals surface area contributed by atoms with Gasteiger partial charge in [0.25, 0.3) is 0 Å². The van der Waals surface area contributed by atoms with Crippen LogP contribution in [0.3, 0.4) is 0 Å². The second-order valence-electron chi connectivity index (χ2n) is 4.64. The lowest BCUT2D eigenvalue weighted by Gasteiger charge is -2.25. The summed E-state index contributed by atoms with van der Waals surface area (Å²) in [5.74, 6) is 1.98. The van der Waals surface area contributed by atoms with Crippen molar-refractivity contribution in [1.29, 1.82) is 0 Å². The second kappa shape index (κ2) is 3.97. The Morgan fingerprint density at radius 1 is 1.15 bits per heavy atom. The maximum atomic E-state index is 9.88. The van der Waals surface area contributed by atoms with Gasteiger partial charge in [0.1, 0.15) is 0 Å². The molecule has 0 aromatic heterocycles. The predicted molar refractivity (Wildman–Crippen MR) is 53.5 cm³/mol. The van der Waals surface area contributed by atoms with E-state index in [0.717, 1.165) is 24.8 Å². The van der Waals surface area contributed by atoms with Crippen LogP contribution in [0.2, 0.25) is 0 Å². The van der Waals surface area contributed by atoms with Crippen molar-refractivity contribution in [3.8, 4) is 0 Å². The fourth-order valence-corrected chi connectivity index (χ4v) is 2.69. The highest BCUT2D eigenvalue weighted by Crippen LogP contribution is 2.47. The SMILES string of the molecule is CCNC1CCC2CC2CCC1O. The standard InChI is InChI=1S/C11H21NO/c1-2-12-10-5-3-8-7-9(8)4-6-11(10)13/h8-13H,2-7H2,1H3. The summed E-state index contributed by atoms with van der Waals surface area (Å²) in [6.45, 7) is 3.10. The molecule has 2 saturated carbocycles. The molecular formula is C11H21NO. The molecule has 2 aliphatic rings. The average molecular weight is 183 g/mol. The number of fused-ring (bicyclic) bond motifs is 1. The highest BCUT2D eigenvalue weighted by Gasteiger charge is 2.39. The van der Waals surface area contributed by atoms with Crippen molar-refractivity contribution in [2.24, 2.45) is 11.8 Å². The molecule has 0 aromatic rings. The Bertz CT molecular complexity index is 171. The first-order valence-corrected chi connectivity index (χ1v) is 5.72. The predicted octanol–water partition coefficient (Wildman–Crippen LogP) is 1.54. The van der Waals surface area contributed by atoms with E-state index >= 15 is 0 Å². The van der Waals surface area contributed by atoms with Gasteiger partial charge in [0.2, 0.25) is 0 Å². The van der Waals surface area contributed by atoms with Crippen LogP contribution < -0.4 is 5.32 Å². The Morgan fingerprint density at radius 2 is 1.85 bits per heavy atom. The molecule has 2 heteroatoms. The van der Waals surface area contributed by atoms with Crippen LogP contribution in [0.1, 0.15) is 39.0 Å². The average Bonchev–Trinajstić information content (AvgIpc) is 2.84. The van der Waals surface area contributed by atoms with Gasteiger partial charge in [-0.3, -0.25) is 0 Å². The summed E-state index contributed by atoms with van der Waals surface area (Å²) >= 11 is 0. The van der Waals surface area contributed by atoms with E-state index in [9.17, 15) is 5.11 Å². The summed E-state index contributed by atoms with van der Waals surface area (Å²) in [5.41, 5.74) is 0. The fraction of sp³-hybridized carbons (Fsp3) is 1.00. The van der Waals surface area contributed by atoms with Crippen molar-refractivity contribution >= 4 is 0 Å². The molecule has 0 amide bonds. The first-order chi connectivity index (χ1) is 6.31. The lowest BCUT2D eigenvalue weighted by Crippen LogP contribution is -2.40. The third kappa shape index (κ3) is 2.23. The topological polar surface area (TPSA) is 32.3 Å². The first-order valence-electron chi connectivity index (χ1n) is 5.72. The minimum absolute atomic E-state index is 0.0958. The van der Waals surface area contributed by atoms with Crippen LogP contribution in [0.25, 0.3) is 0 Å². The molecule has 0 heterocycles. The summed E-state index contributed by atoms with van der Waals surface area (Å²) in [7, 11) is 0. The largest absolute Gasteiger partial charge is 0.392 e. The maximum Gasteiger partial charge on any atom is 0.0693 e.